The Labute approximate surface area is 138 Å². The number of ether oxygens (including phenoxy) is 1. The van der Waals surface area contributed by atoms with Crippen LogP contribution in [-0.4, -0.2) is 24.2 Å². The fourth-order valence-electron chi connectivity index (χ4n) is 3.67. The molecule has 0 bridgehead atoms. The zero-order valence-corrected chi connectivity index (χ0v) is 13.4. The van der Waals surface area contributed by atoms with Gasteiger partial charge in [0, 0.05) is 23.7 Å². The minimum absolute atomic E-state index is 0.170. The number of benzene rings is 2. The number of piperidine rings is 1. The highest BCUT2D eigenvalue weighted by Crippen LogP contribution is 2.30. The van der Waals surface area contributed by atoms with Gasteiger partial charge in [-0.3, -0.25) is 4.90 Å². The number of fused-ring (bicyclic) bond motifs is 1. The van der Waals surface area contributed by atoms with Crippen molar-refractivity contribution in [3.8, 4) is 0 Å². The maximum absolute atomic E-state index is 6.07. The molecule has 0 amide bonds. The van der Waals surface area contributed by atoms with Gasteiger partial charge in [0.05, 0.1) is 6.61 Å². The summed E-state index contributed by atoms with van der Waals surface area (Å²) < 4.78 is 6.07. The number of nitrogens with one attached hydrogen (secondary N) is 1. The Kier molecular flexibility index (Phi) is 4.31. The third-order valence-corrected chi connectivity index (χ3v) is 5.04. The predicted molar refractivity (Wildman–Crippen MR) is 93.1 cm³/mol. The summed E-state index contributed by atoms with van der Waals surface area (Å²) in [6, 6.07) is 19.2. The molecule has 2 aromatic carbocycles. The molecule has 1 atom stereocenters. The summed E-state index contributed by atoms with van der Waals surface area (Å²) >= 11 is 0. The highest BCUT2D eigenvalue weighted by molar-refractivity contribution is 5.52. The van der Waals surface area contributed by atoms with E-state index in [4.69, 9.17) is 4.74 Å². The molecular weight excluding hydrogens is 284 g/mol. The Bertz CT molecular complexity index is 635. The Morgan fingerprint density at radius 1 is 0.957 bits per heavy atom. The molecule has 2 aliphatic heterocycles. The number of hydrogen-bond donors (Lipinski definition) is 1. The fraction of sp³-hybridized carbons (Fsp3) is 0.400. The summed E-state index contributed by atoms with van der Waals surface area (Å²) in [5.41, 5.74) is 3.92. The van der Waals surface area contributed by atoms with Crippen molar-refractivity contribution in [1.29, 1.82) is 0 Å². The average Bonchev–Trinajstić information content (AvgIpc) is 2.63. The second-order valence-electron chi connectivity index (χ2n) is 6.63. The molecule has 2 aromatic rings. The minimum Gasteiger partial charge on any atom is -0.360 e. The summed E-state index contributed by atoms with van der Waals surface area (Å²) in [6.45, 7) is 4.11. The van der Waals surface area contributed by atoms with Gasteiger partial charge in [0.25, 0.3) is 0 Å². The van der Waals surface area contributed by atoms with E-state index in [-0.39, 0.29) is 6.23 Å². The number of hydrogen-bond acceptors (Lipinski definition) is 3. The van der Waals surface area contributed by atoms with E-state index < -0.39 is 0 Å². The van der Waals surface area contributed by atoms with Crippen LogP contribution in [0.5, 0.6) is 0 Å². The van der Waals surface area contributed by atoms with Crippen LogP contribution in [0, 0.1) is 5.92 Å². The van der Waals surface area contributed by atoms with Gasteiger partial charge in [0.15, 0.2) is 0 Å². The van der Waals surface area contributed by atoms with Crippen LogP contribution in [0.15, 0.2) is 54.6 Å². The molecule has 0 aromatic heterocycles. The Morgan fingerprint density at radius 2 is 1.70 bits per heavy atom. The molecule has 2 aliphatic rings. The van der Waals surface area contributed by atoms with Gasteiger partial charge in [-0.1, -0.05) is 48.5 Å². The van der Waals surface area contributed by atoms with E-state index >= 15 is 0 Å². The Hall–Kier alpha value is -1.84. The number of para-hydroxylation sites is 1. The molecule has 3 heteroatoms. The highest BCUT2D eigenvalue weighted by atomic mass is 16.5. The molecular formula is C20H24N2O. The maximum atomic E-state index is 6.07. The van der Waals surface area contributed by atoms with Crippen LogP contribution in [0.3, 0.4) is 0 Å². The van der Waals surface area contributed by atoms with Gasteiger partial charge < -0.3 is 10.1 Å². The van der Waals surface area contributed by atoms with Gasteiger partial charge in [0.2, 0.25) is 0 Å². The first kappa shape index (κ1) is 14.7. The van der Waals surface area contributed by atoms with Crippen molar-refractivity contribution in [2.45, 2.75) is 32.2 Å². The third kappa shape index (κ3) is 3.41. The SMILES string of the molecule is c1ccc(CN2CCC(C3Nc4ccccc4CO3)CC2)cc1. The standard InChI is InChI=1S/C20H24N2O/c1-2-6-16(7-3-1)14-22-12-10-17(11-13-22)20-21-19-9-5-4-8-18(19)15-23-20/h1-9,17,20-21H,10-15H2. The Balaban J connectivity index is 1.32. The smallest absolute Gasteiger partial charge is 0.131 e. The molecule has 1 N–H and O–H groups in total. The summed E-state index contributed by atoms with van der Waals surface area (Å²) in [5, 5.41) is 3.59. The van der Waals surface area contributed by atoms with E-state index in [1.165, 1.54) is 29.7 Å². The third-order valence-electron chi connectivity index (χ3n) is 5.04. The molecule has 1 fully saturated rings. The quantitative estimate of drug-likeness (QED) is 0.931. The zero-order chi connectivity index (χ0) is 15.5. The first-order valence-electron chi connectivity index (χ1n) is 8.61. The molecule has 0 spiro atoms. The average molecular weight is 308 g/mol. The normalized spacial score (nSPS) is 22.3. The number of rotatable bonds is 3. The van der Waals surface area contributed by atoms with Gasteiger partial charge in [-0.2, -0.15) is 0 Å². The van der Waals surface area contributed by atoms with Crippen molar-refractivity contribution >= 4 is 5.69 Å². The van der Waals surface area contributed by atoms with E-state index in [1.807, 2.05) is 0 Å². The first-order chi connectivity index (χ1) is 11.4. The van der Waals surface area contributed by atoms with E-state index in [9.17, 15) is 0 Å². The Morgan fingerprint density at radius 3 is 2.52 bits per heavy atom. The molecule has 1 unspecified atom stereocenters. The molecule has 3 nitrogen and oxygen atoms in total. The van der Waals surface area contributed by atoms with Crippen molar-refractivity contribution in [2.24, 2.45) is 5.92 Å². The summed E-state index contributed by atoms with van der Waals surface area (Å²) in [6.07, 6.45) is 2.57. The van der Waals surface area contributed by atoms with Gasteiger partial charge in [-0.05, 0) is 37.6 Å². The van der Waals surface area contributed by atoms with Crippen LogP contribution in [0.25, 0.3) is 0 Å². The van der Waals surface area contributed by atoms with Crippen LogP contribution in [-0.2, 0) is 17.9 Å². The summed E-state index contributed by atoms with van der Waals surface area (Å²) in [7, 11) is 0. The molecule has 1 saturated heterocycles. The van der Waals surface area contributed by atoms with Crippen molar-refractivity contribution in [3.05, 3.63) is 65.7 Å². The number of nitrogens with zero attached hydrogens (tertiary/aromatic N) is 1. The van der Waals surface area contributed by atoms with Gasteiger partial charge >= 0.3 is 0 Å². The number of anilines is 1. The first-order valence-corrected chi connectivity index (χ1v) is 8.61. The van der Waals surface area contributed by atoms with Gasteiger partial charge in [-0.25, -0.2) is 0 Å². The van der Waals surface area contributed by atoms with Gasteiger partial charge in [0.1, 0.15) is 6.23 Å². The van der Waals surface area contributed by atoms with Crippen molar-refractivity contribution in [2.75, 3.05) is 18.4 Å². The maximum Gasteiger partial charge on any atom is 0.131 e. The molecule has 4 rings (SSSR count). The summed E-state index contributed by atoms with van der Waals surface area (Å²) in [4.78, 5) is 2.56. The minimum atomic E-state index is 0.170. The van der Waals surface area contributed by atoms with Gasteiger partial charge in [-0.15, -0.1) is 0 Å². The molecule has 2 heterocycles. The second kappa shape index (κ2) is 6.73. The molecule has 23 heavy (non-hydrogen) atoms. The van der Waals surface area contributed by atoms with Crippen molar-refractivity contribution in [1.82, 2.24) is 4.90 Å². The van der Waals surface area contributed by atoms with E-state index in [2.05, 4.69) is 64.8 Å². The summed E-state index contributed by atoms with van der Waals surface area (Å²) in [5.74, 6) is 0.607. The lowest BCUT2D eigenvalue weighted by Crippen LogP contribution is -2.42. The second-order valence-corrected chi connectivity index (χ2v) is 6.63. The topological polar surface area (TPSA) is 24.5 Å². The molecule has 120 valence electrons. The number of likely N-dealkylation sites (tertiary alicyclic amines) is 1. The van der Waals surface area contributed by atoms with E-state index in [1.54, 1.807) is 0 Å². The van der Waals surface area contributed by atoms with Crippen LogP contribution in [0.4, 0.5) is 5.69 Å². The van der Waals surface area contributed by atoms with Crippen molar-refractivity contribution in [3.63, 3.8) is 0 Å². The van der Waals surface area contributed by atoms with Crippen LogP contribution >= 0.6 is 0 Å². The largest absolute Gasteiger partial charge is 0.360 e. The predicted octanol–water partition coefficient (Wildman–Crippen LogP) is 3.87. The van der Waals surface area contributed by atoms with Crippen LogP contribution < -0.4 is 5.32 Å². The monoisotopic (exact) mass is 308 g/mol. The van der Waals surface area contributed by atoms with E-state index in [0.717, 1.165) is 26.2 Å². The van der Waals surface area contributed by atoms with Crippen LogP contribution in [0.2, 0.25) is 0 Å². The lowest BCUT2D eigenvalue weighted by Gasteiger charge is -2.38. The lowest BCUT2D eigenvalue weighted by molar-refractivity contribution is -0.00901. The lowest BCUT2D eigenvalue weighted by atomic mass is 9.93. The fourth-order valence-corrected chi connectivity index (χ4v) is 3.67. The zero-order valence-electron chi connectivity index (χ0n) is 13.4. The van der Waals surface area contributed by atoms with E-state index in [0.29, 0.717) is 5.92 Å². The molecule has 0 radical (unpaired) electrons. The highest BCUT2D eigenvalue weighted by Gasteiger charge is 2.29. The van der Waals surface area contributed by atoms with Crippen molar-refractivity contribution < 1.29 is 4.74 Å². The molecule has 0 saturated carbocycles. The van der Waals surface area contributed by atoms with Crippen LogP contribution in [0.1, 0.15) is 24.0 Å². The molecule has 0 aliphatic carbocycles.